The fourth-order valence-electron chi connectivity index (χ4n) is 4.77. The molecule has 0 bridgehead atoms. The van der Waals surface area contributed by atoms with E-state index in [1.165, 1.54) is 29.4 Å². The maximum absolute atomic E-state index is 13.5. The summed E-state index contributed by atoms with van der Waals surface area (Å²) in [6.07, 6.45) is 2.45. The molecule has 3 heterocycles. The number of anilines is 1. The molecule has 0 saturated heterocycles. The predicted molar refractivity (Wildman–Crippen MR) is 142 cm³/mol. The molecule has 0 amide bonds. The second-order valence-electron chi connectivity index (χ2n) is 9.92. The van der Waals surface area contributed by atoms with Gasteiger partial charge in [-0.2, -0.15) is 5.26 Å². The molecule has 2 aliphatic rings. The summed E-state index contributed by atoms with van der Waals surface area (Å²) in [5, 5.41) is 19.1. The zero-order valence-corrected chi connectivity index (χ0v) is 22.3. The first kappa shape index (κ1) is 25.0. The van der Waals surface area contributed by atoms with Crippen molar-refractivity contribution in [1.29, 1.82) is 5.26 Å². The summed E-state index contributed by atoms with van der Waals surface area (Å²) in [6, 6.07) is 13.2. The van der Waals surface area contributed by atoms with Gasteiger partial charge in [-0.05, 0) is 30.9 Å². The average molecular weight is 532 g/mol. The van der Waals surface area contributed by atoms with Crippen LogP contribution in [0.15, 0.2) is 74.1 Å². The van der Waals surface area contributed by atoms with Crippen molar-refractivity contribution < 1.29 is 14.0 Å². The van der Waals surface area contributed by atoms with Crippen molar-refractivity contribution in [3.05, 3.63) is 82.2 Å². The van der Waals surface area contributed by atoms with Crippen LogP contribution in [-0.4, -0.2) is 27.5 Å². The van der Waals surface area contributed by atoms with Gasteiger partial charge in [0.25, 0.3) is 0 Å². The Kier molecular flexibility index (Phi) is 6.52. The van der Waals surface area contributed by atoms with Gasteiger partial charge in [-0.1, -0.05) is 66.8 Å². The number of thioether (sulfide) groups is 1. The number of rotatable bonds is 6. The lowest BCUT2D eigenvalue weighted by molar-refractivity contribution is -0.118. The molecule has 188 valence electrons. The summed E-state index contributed by atoms with van der Waals surface area (Å²) in [7, 11) is 0. The smallest absolute Gasteiger partial charge is 0.219 e. The minimum Gasteiger partial charge on any atom is -0.468 e. The third kappa shape index (κ3) is 4.72. The highest BCUT2D eigenvalue weighted by atomic mass is 32.2. The summed E-state index contributed by atoms with van der Waals surface area (Å²) in [4.78, 5) is 27.8. The van der Waals surface area contributed by atoms with Gasteiger partial charge in [-0.15, -0.1) is 10.2 Å². The highest BCUT2D eigenvalue weighted by molar-refractivity contribution is 8.01. The highest BCUT2D eigenvalue weighted by Gasteiger charge is 2.46. The van der Waals surface area contributed by atoms with Gasteiger partial charge in [0.15, 0.2) is 15.9 Å². The maximum Gasteiger partial charge on any atom is 0.219 e. The van der Waals surface area contributed by atoms with E-state index in [9.17, 15) is 14.9 Å². The van der Waals surface area contributed by atoms with Crippen molar-refractivity contribution in [2.45, 2.75) is 43.9 Å². The predicted octanol–water partition coefficient (Wildman–Crippen LogP) is 5.36. The number of aromatic nitrogens is 2. The molecule has 1 aliphatic carbocycles. The number of hydrogen-bond donors (Lipinski definition) is 1. The largest absolute Gasteiger partial charge is 0.468 e. The van der Waals surface area contributed by atoms with E-state index in [0.29, 0.717) is 44.9 Å². The van der Waals surface area contributed by atoms with Gasteiger partial charge >= 0.3 is 0 Å². The first-order valence-electron chi connectivity index (χ1n) is 11.7. The maximum atomic E-state index is 13.5. The summed E-state index contributed by atoms with van der Waals surface area (Å²) < 4.78 is 6.23. The minimum atomic E-state index is -0.663. The first-order valence-corrected chi connectivity index (χ1v) is 13.5. The van der Waals surface area contributed by atoms with Crippen molar-refractivity contribution in [3.8, 4) is 6.07 Å². The van der Waals surface area contributed by atoms with Crippen LogP contribution in [0.2, 0.25) is 0 Å². The Bertz CT molecular complexity index is 1480. The number of ketones is 2. The number of aryl methyl sites for hydroxylation is 1. The highest BCUT2D eigenvalue weighted by Crippen LogP contribution is 2.50. The third-order valence-corrected chi connectivity index (χ3v) is 8.54. The van der Waals surface area contributed by atoms with Gasteiger partial charge in [0.1, 0.15) is 11.6 Å². The monoisotopic (exact) mass is 531 g/mol. The van der Waals surface area contributed by atoms with E-state index in [1.54, 1.807) is 17.0 Å². The topological polar surface area (TPSA) is 126 Å². The van der Waals surface area contributed by atoms with Crippen molar-refractivity contribution in [2.24, 2.45) is 11.1 Å². The van der Waals surface area contributed by atoms with Gasteiger partial charge in [0.2, 0.25) is 5.13 Å². The van der Waals surface area contributed by atoms with Crippen LogP contribution in [0, 0.1) is 23.7 Å². The van der Waals surface area contributed by atoms with Crippen molar-refractivity contribution in [1.82, 2.24) is 10.2 Å². The Morgan fingerprint density at radius 1 is 1.27 bits per heavy atom. The summed E-state index contributed by atoms with van der Waals surface area (Å²) in [5.41, 5.74) is 9.50. The van der Waals surface area contributed by atoms with Crippen LogP contribution in [0.3, 0.4) is 0 Å². The van der Waals surface area contributed by atoms with Crippen LogP contribution in [0.4, 0.5) is 5.13 Å². The molecular formula is C27H25N5O3S2. The van der Waals surface area contributed by atoms with E-state index in [1.807, 2.05) is 45.0 Å². The number of furan rings is 1. The fraction of sp³-hybridized carbons (Fsp3) is 0.296. The molecule has 3 aromatic rings. The van der Waals surface area contributed by atoms with E-state index in [-0.39, 0.29) is 34.1 Å². The van der Waals surface area contributed by atoms with E-state index >= 15 is 0 Å². The molecular weight excluding hydrogens is 506 g/mol. The molecule has 0 saturated carbocycles. The second kappa shape index (κ2) is 9.65. The van der Waals surface area contributed by atoms with Crippen LogP contribution < -0.4 is 10.6 Å². The van der Waals surface area contributed by atoms with Gasteiger partial charge in [0, 0.05) is 23.3 Å². The zero-order valence-electron chi connectivity index (χ0n) is 20.6. The molecule has 37 heavy (non-hydrogen) atoms. The normalized spacial score (nSPS) is 19.1. The molecule has 1 aromatic carbocycles. The second-order valence-corrected chi connectivity index (χ2v) is 12.1. The van der Waals surface area contributed by atoms with Gasteiger partial charge < -0.3 is 10.2 Å². The number of nitrogens with zero attached hydrogens (tertiary/aromatic N) is 4. The zero-order chi connectivity index (χ0) is 26.3. The Morgan fingerprint density at radius 3 is 2.70 bits per heavy atom. The lowest BCUT2D eigenvalue weighted by Gasteiger charge is -2.42. The van der Waals surface area contributed by atoms with E-state index in [4.69, 9.17) is 10.2 Å². The van der Waals surface area contributed by atoms with Crippen LogP contribution in [0.25, 0.3) is 0 Å². The minimum absolute atomic E-state index is 0.00295. The number of allylic oxidation sites excluding steroid dienone is 3. The Balaban J connectivity index is 1.49. The first-order chi connectivity index (χ1) is 17.7. The van der Waals surface area contributed by atoms with Crippen LogP contribution >= 0.6 is 23.1 Å². The number of nitriles is 1. The lowest BCUT2D eigenvalue weighted by Crippen LogP contribution is -2.42. The molecule has 0 fully saturated rings. The molecule has 5 rings (SSSR count). The molecule has 1 atom stereocenters. The fourth-order valence-corrected chi connectivity index (χ4v) is 6.54. The molecule has 1 unspecified atom stereocenters. The number of nitrogens with two attached hydrogens (primary N) is 1. The average Bonchev–Trinajstić information content (AvgIpc) is 3.54. The van der Waals surface area contributed by atoms with Crippen LogP contribution in [0.5, 0.6) is 0 Å². The van der Waals surface area contributed by atoms with Crippen molar-refractivity contribution in [2.75, 3.05) is 10.7 Å². The molecule has 2 N–H and O–H groups in total. The van der Waals surface area contributed by atoms with Crippen molar-refractivity contribution >= 4 is 39.8 Å². The molecule has 2 aromatic heterocycles. The number of carbonyl (C=O) groups excluding carboxylic acids is 2. The van der Waals surface area contributed by atoms with Gasteiger partial charge in [-0.3, -0.25) is 14.5 Å². The number of benzene rings is 1. The summed E-state index contributed by atoms with van der Waals surface area (Å²) >= 11 is 2.57. The number of Topliss-reactive ketones (excluding diaryl/α,β-unsaturated/α-hetero) is 2. The molecule has 1 aliphatic heterocycles. The third-order valence-electron chi connectivity index (χ3n) is 6.50. The van der Waals surface area contributed by atoms with Crippen molar-refractivity contribution in [3.63, 3.8) is 0 Å². The molecule has 0 spiro atoms. The SMILES string of the molecule is Cc1ccc(C(=O)CSc2nnc(N3C(N)=C(C#N)C(c4ccco4)C4=C3CC(C)(C)CC4=O)s2)cc1. The number of carbonyl (C=O) groups is 2. The van der Waals surface area contributed by atoms with Gasteiger partial charge in [0.05, 0.1) is 29.6 Å². The Labute approximate surface area is 222 Å². The van der Waals surface area contributed by atoms with Gasteiger partial charge in [-0.25, -0.2) is 0 Å². The quantitative estimate of drug-likeness (QED) is 0.330. The number of hydrogen-bond acceptors (Lipinski definition) is 10. The van der Waals surface area contributed by atoms with Crippen LogP contribution in [-0.2, 0) is 4.79 Å². The molecule has 10 heteroatoms. The standard InChI is InChI=1S/C27H25N5O3S2/c1-15-6-8-16(9-7-15)20(34)14-36-26-31-30-25(37-26)32-18-11-27(2,3)12-19(33)23(18)22(17(13-28)24(32)29)21-5-4-10-35-21/h4-10,22H,11-12,14,29H2,1-3H3. The van der Waals surface area contributed by atoms with E-state index < -0.39 is 5.92 Å². The molecule has 0 radical (unpaired) electrons. The molecule has 8 nitrogen and oxygen atoms in total. The lowest BCUT2D eigenvalue weighted by atomic mass is 9.69. The summed E-state index contributed by atoms with van der Waals surface area (Å²) in [6.45, 7) is 6.04. The Hall–Kier alpha value is -3.68. The summed E-state index contributed by atoms with van der Waals surface area (Å²) in [5.74, 6) is 0.215. The Morgan fingerprint density at radius 2 is 2.03 bits per heavy atom. The van der Waals surface area contributed by atoms with E-state index in [2.05, 4.69) is 16.3 Å². The van der Waals surface area contributed by atoms with Crippen LogP contribution in [0.1, 0.15) is 54.3 Å². The van der Waals surface area contributed by atoms with E-state index in [0.717, 1.165) is 5.56 Å².